The third-order valence-electron chi connectivity index (χ3n) is 11.5. The number of phenolic OH excluding ortho intramolecular Hbond substituents is 1. The first-order chi connectivity index (χ1) is 24.7. The van der Waals surface area contributed by atoms with Crippen LogP contribution in [0.4, 0.5) is 5.69 Å². The van der Waals surface area contributed by atoms with Crippen LogP contribution in [0.1, 0.15) is 52.7 Å². The van der Waals surface area contributed by atoms with Gasteiger partial charge in [-0.25, -0.2) is 0 Å². The van der Waals surface area contributed by atoms with Crippen molar-refractivity contribution < 1.29 is 33.8 Å². The second-order valence-electron chi connectivity index (χ2n) is 13.8. The van der Waals surface area contributed by atoms with Gasteiger partial charge in [0, 0.05) is 28.5 Å². The Hall–Kier alpha value is -5.89. The van der Waals surface area contributed by atoms with Gasteiger partial charge in [-0.15, -0.1) is 0 Å². The average molecular weight is 678 g/mol. The number of carbonyl (C=O) groups is 5. The summed E-state index contributed by atoms with van der Waals surface area (Å²) in [5.41, 5.74) is 1.95. The molecule has 0 radical (unpaired) electrons. The molecule has 0 aromatic heterocycles. The van der Waals surface area contributed by atoms with E-state index in [2.05, 4.69) is 0 Å². The molecule has 8 heteroatoms. The van der Waals surface area contributed by atoms with Crippen molar-refractivity contribution in [3.63, 3.8) is 0 Å². The number of rotatable bonds is 6. The Kier molecular flexibility index (Phi) is 7.71. The molecule has 254 valence electrons. The number of nitrogens with zero attached hydrogens (tertiary/aromatic N) is 1. The van der Waals surface area contributed by atoms with E-state index in [1.807, 2.05) is 54.6 Å². The first-order valence-electron chi connectivity index (χ1n) is 17.1. The number of aromatic hydroxyl groups is 1. The Labute approximate surface area is 295 Å². The Morgan fingerprint density at radius 2 is 1.51 bits per heavy atom. The Bertz CT molecular complexity index is 2190. The molecule has 2 fully saturated rings. The van der Waals surface area contributed by atoms with Gasteiger partial charge in [0.25, 0.3) is 0 Å². The molecule has 1 saturated carbocycles. The van der Waals surface area contributed by atoms with Crippen molar-refractivity contribution in [3.05, 3.63) is 143 Å². The van der Waals surface area contributed by atoms with Crippen molar-refractivity contribution >= 4 is 40.4 Å². The van der Waals surface area contributed by atoms with Crippen molar-refractivity contribution in [2.45, 2.75) is 31.1 Å². The number of ether oxygens (including phenoxy) is 1. The van der Waals surface area contributed by atoms with E-state index in [0.29, 0.717) is 39.3 Å². The van der Waals surface area contributed by atoms with Crippen LogP contribution in [0.3, 0.4) is 0 Å². The van der Waals surface area contributed by atoms with E-state index in [-0.39, 0.29) is 47.8 Å². The molecule has 6 unspecified atom stereocenters. The van der Waals surface area contributed by atoms with Crippen molar-refractivity contribution in [1.82, 2.24) is 0 Å². The summed E-state index contributed by atoms with van der Waals surface area (Å²) in [6, 6.07) is 29.6. The number of fused-ring (bicyclic) bond motifs is 4. The lowest BCUT2D eigenvalue weighted by Crippen LogP contribution is -2.58. The monoisotopic (exact) mass is 677 g/mol. The maximum Gasteiger partial charge on any atom is 0.238 e. The fourth-order valence-electron chi connectivity index (χ4n) is 9.29. The van der Waals surface area contributed by atoms with Crippen LogP contribution in [0.25, 0.3) is 5.57 Å². The molecule has 4 aromatic rings. The number of methoxy groups -OCH3 is 1. The van der Waals surface area contributed by atoms with Crippen LogP contribution >= 0.6 is 0 Å². The maximum absolute atomic E-state index is 15.2. The molecule has 4 aromatic carbocycles. The zero-order valence-corrected chi connectivity index (χ0v) is 28.1. The smallest absolute Gasteiger partial charge is 0.238 e. The minimum absolute atomic E-state index is 0.101. The summed E-state index contributed by atoms with van der Waals surface area (Å²) in [6.07, 6.45) is 3.77. The van der Waals surface area contributed by atoms with Gasteiger partial charge in [0.1, 0.15) is 11.5 Å². The highest BCUT2D eigenvalue weighted by Gasteiger charge is 2.66. The summed E-state index contributed by atoms with van der Waals surface area (Å²) < 4.78 is 5.85. The largest absolute Gasteiger partial charge is 0.508 e. The molecular formula is C43H35NO7. The number of amides is 2. The molecule has 1 aliphatic heterocycles. The minimum Gasteiger partial charge on any atom is -0.508 e. The van der Waals surface area contributed by atoms with E-state index in [9.17, 15) is 19.5 Å². The molecule has 8 rings (SSSR count). The summed E-state index contributed by atoms with van der Waals surface area (Å²) in [4.78, 5) is 72.1. The molecular weight excluding hydrogens is 642 g/mol. The van der Waals surface area contributed by atoms with Gasteiger partial charge in [0.15, 0.2) is 17.3 Å². The molecule has 1 N–H and O–H groups in total. The number of phenols is 1. The first kappa shape index (κ1) is 32.3. The lowest BCUT2D eigenvalue weighted by molar-refractivity contribution is -0.135. The number of allylic oxidation sites excluding steroid dienone is 4. The van der Waals surface area contributed by atoms with Crippen LogP contribution in [0.15, 0.2) is 121 Å². The van der Waals surface area contributed by atoms with Gasteiger partial charge in [0.2, 0.25) is 11.8 Å². The van der Waals surface area contributed by atoms with Gasteiger partial charge in [-0.1, -0.05) is 78.4 Å². The first-order valence-corrected chi connectivity index (χ1v) is 17.1. The normalized spacial score (nSPS) is 26.9. The third kappa shape index (κ3) is 4.69. The van der Waals surface area contributed by atoms with Crippen molar-refractivity contribution in [1.29, 1.82) is 0 Å². The predicted molar refractivity (Wildman–Crippen MR) is 190 cm³/mol. The summed E-state index contributed by atoms with van der Waals surface area (Å²) in [7, 11) is 1.49. The molecule has 0 spiro atoms. The van der Waals surface area contributed by atoms with Crippen LogP contribution in [0, 0.1) is 23.7 Å². The zero-order chi connectivity index (χ0) is 35.6. The van der Waals surface area contributed by atoms with Gasteiger partial charge in [-0.05, 0) is 79.3 Å². The quantitative estimate of drug-likeness (QED) is 0.138. The topological polar surface area (TPSA) is 118 Å². The van der Waals surface area contributed by atoms with Gasteiger partial charge >= 0.3 is 0 Å². The number of imide groups is 1. The fourth-order valence-corrected chi connectivity index (χ4v) is 9.29. The Morgan fingerprint density at radius 1 is 0.824 bits per heavy atom. The number of Topliss-reactive ketones (excluding diaryl/α,β-unsaturated/α-hetero) is 2. The van der Waals surface area contributed by atoms with Crippen LogP contribution in [-0.4, -0.2) is 41.4 Å². The highest BCUT2D eigenvalue weighted by molar-refractivity contribution is 6.32. The molecule has 1 heterocycles. The molecule has 4 aliphatic rings. The van der Waals surface area contributed by atoms with Gasteiger partial charge in [0.05, 0.1) is 30.0 Å². The van der Waals surface area contributed by atoms with E-state index < -0.39 is 35.0 Å². The molecule has 6 atom stereocenters. The third-order valence-corrected chi connectivity index (χ3v) is 11.5. The van der Waals surface area contributed by atoms with E-state index >= 15 is 9.59 Å². The van der Waals surface area contributed by atoms with Gasteiger partial charge in [-0.3, -0.25) is 28.9 Å². The van der Waals surface area contributed by atoms with Crippen molar-refractivity contribution in [2.75, 3.05) is 12.0 Å². The summed E-state index contributed by atoms with van der Waals surface area (Å²) in [6.45, 7) is 1.45. The molecule has 3 aliphatic carbocycles. The van der Waals surface area contributed by atoms with Gasteiger partial charge in [-0.2, -0.15) is 0 Å². The van der Waals surface area contributed by atoms with Gasteiger partial charge < -0.3 is 9.84 Å². The Morgan fingerprint density at radius 3 is 2.18 bits per heavy atom. The number of benzene rings is 4. The number of hydrogen-bond donors (Lipinski definition) is 1. The standard InChI is InChI=1S/C43H35NO7/c1-24(45)25-16-18-28(19-17-25)44-41(49)30-21-20-29-32(37(30)42(44)50)22-33-40(48)31(26-10-5-3-6-11-26)23-36(47)43(33,27-12-7-4-8-13-27)39(29)38-34(46)14-9-15-35(38)51-2/h3-20,23,30,32-33,37,39,46H,21-22H2,1-2H3. The number of anilines is 1. The maximum atomic E-state index is 15.2. The number of ketones is 3. The highest BCUT2D eigenvalue weighted by atomic mass is 16.5. The predicted octanol–water partition coefficient (Wildman–Crippen LogP) is 6.63. The molecule has 1 saturated heterocycles. The SMILES string of the molecule is COc1cccc(O)c1C1C2=CCC3C(=O)N(c4ccc(C(C)=O)cc4)C(=O)C3C2CC2C(=O)C(c3ccccc3)=CC(=O)C21c1ccccc1. The van der Waals surface area contributed by atoms with E-state index in [1.165, 1.54) is 25.0 Å². The lowest BCUT2D eigenvalue weighted by atomic mass is 9.44. The van der Waals surface area contributed by atoms with Crippen LogP contribution in [0.5, 0.6) is 11.5 Å². The van der Waals surface area contributed by atoms with E-state index in [0.717, 1.165) is 5.57 Å². The van der Waals surface area contributed by atoms with Crippen LogP contribution < -0.4 is 9.64 Å². The molecule has 8 nitrogen and oxygen atoms in total. The van der Waals surface area contributed by atoms with Crippen LogP contribution in [0.2, 0.25) is 0 Å². The minimum atomic E-state index is -1.49. The Balaban J connectivity index is 1.36. The summed E-state index contributed by atoms with van der Waals surface area (Å²) in [5.74, 6) is -5.10. The van der Waals surface area contributed by atoms with E-state index in [1.54, 1.807) is 54.6 Å². The summed E-state index contributed by atoms with van der Waals surface area (Å²) in [5, 5.41) is 11.7. The highest BCUT2D eigenvalue weighted by Crippen LogP contribution is 2.65. The number of carbonyl (C=O) groups excluding carboxylic acids is 5. The number of hydrogen-bond acceptors (Lipinski definition) is 7. The molecule has 51 heavy (non-hydrogen) atoms. The van der Waals surface area contributed by atoms with E-state index in [4.69, 9.17) is 4.74 Å². The molecule has 2 amide bonds. The second kappa shape index (κ2) is 12.2. The molecule has 0 bridgehead atoms. The fraction of sp³-hybridized carbons (Fsp3) is 0.233. The van der Waals surface area contributed by atoms with Crippen LogP contribution in [-0.2, 0) is 24.6 Å². The summed E-state index contributed by atoms with van der Waals surface area (Å²) >= 11 is 0. The van der Waals surface area contributed by atoms with Crippen molar-refractivity contribution in [3.8, 4) is 11.5 Å². The second-order valence-corrected chi connectivity index (χ2v) is 13.8. The average Bonchev–Trinajstić information content (AvgIpc) is 3.41. The van der Waals surface area contributed by atoms with Crippen molar-refractivity contribution in [2.24, 2.45) is 23.7 Å². The lowest BCUT2D eigenvalue weighted by Gasteiger charge is -2.55. The zero-order valence-electron chi connectivity index (χ0n) is 28.1.